The van der Waals surface area contributed by atoms with Crippen LogP contribution >= 0.6 is 11.3 Å². The van der Waals surface area contributed by atoms with E-state index in [9.17, 15) is 8.42 Å². The van der Waals surface area contributed by atoms with E-state index in [0.717, 1.165) is 6.42 Å². The Hall–Kier alpha value is -1.57. The molecule has 0 aliphatic rings. The highest BCUT2D eigenvalue weighted by atomic mass is 32.2. The predicted octanol–water partition coefficient (Wildman–Crippen LogP) is 2.02. The van der Waals surface area contributed by atoms with E-state index in [1.54, 1.807) is 17.4 Å². The Morgan fingerprint density at radius 2 is 2.10 bits per heavy atom. The molecule has 0 radical (unpaired) electrons. The van der Waals surface area contributed by atoms with Gasteiger partial charge in [0, 0.05) is 6.04 Å². The molecule has 0 fully saturated rings. The standard InChI is InChI=1S/C13H17N3O2S2/c1-9(6-10-4-5-19-8-10)16-13-3-2-11(7-12(13)14)20(15,17)18/h2-5,7-9,16H,6,14H2,1H3,(H2,15,17,18). The molecule has 0 saturated carbocycles. The van der Waals surface area contributed by atoms with Crippen LogP contribution in [0.1, 0.15) is 12.5 Å². The number of sulfonamides is 1. The predicted molar refractivity (Wildman–Crippen MR) is 83.3 cm³/mol. The van der Waals surface area contributed by atoms with Gasteiger partial charge in [-0.2, -0.15) is 11.3 Å². The first-order chi connectivity index (χ1) is 9.36. The van der Waals surface area contributed by atoms with Gasteiger partial charge in [-0.15, -0.1) is 0 Å². The number of hydrogen-bond acceptors (Lipinski definition) is 5. The van der Waals surface area contributed by atoms with Gasteiger partial charge in [-0.05, 0) is 53.9 Å². The molecule has 1 heterocycles. The Bertz CT molecular complexity index is 682. The molecular weight excluding hydrogens is 294 g/mol. The fourth-order valence-electron chi connectivity index (χ4n) is 1.93. The van der Waals surface area contributed by atoms with Crippen LogP contribution in [0.2, 0.25) is 0 Å². The first kappa shape index (κ1) is 14.8. The Labute approximate surface area is 122 Å². The highest BCUT2D eigenvalue weighted by Gasteiger charge is 2.11. The summed E-state index contributed by atoms with van der Waals surface area (Å²) in [6.45, 7) is 2.05. The number of nitrogen functional groups attached to an aromatic ring is 1. The molecule has 7 heteroatoms. The molecule has 2 aromatic rings. The quantitative estimate of drug-likeness (QED) is 0.736. The van der Waals surface area contributed by atoms with Gasteiger partial charge in [0.2, 0.25) is 10.0 Å². The molecule has 1 atom stereocenters. The van der Waals surface area contributed by atoms with E-state index < -0.39 is 10.0 Å². The molecular formula is C13H17N3O2S2. The summed E-state index contributed by atoms with van der Waals surface area (Å²) >= 11 is 1.66. The average Bonchev–Trinajstić information content (AvgIpc) is 2.83. The summed E-state index contributed by atoms with van der Waals surface area (Å²) in [5, 5.41) is 12.5. The number of hydrogen-bond donors (Lipinski definition) is 3. The first-order valence-electron chi connectivity index (χ1n) is 6.06. The van der Waals surface area contributed by atoms with Gasteiger partial charge in [0.15, 0.2) is 0 Å². The summed E-state index contributed by atoms with van der Waals surface area (Å²) in [6, 6.07) is 6.72. The second kappa shape index (κ2) is 5.82. The zero-order valence-corrected chi connectivity index (χ0v) is 12.7. The number of nitrogens with two attached hydrogens (primary N) is 2. The first-order valence-corrected chi connectivity index (χ1v) is 8.55. The second-order valence-electron chi connectivity index (χ2n) is 4.68. The van der Waals surface area contributed by atoms with Crippen molar-refractivity contribution < 1.29 is 8.42 Å². The van der Waals surface area contributed by atoms with Crippen molar-refractivity contribution in [3.63, 3.8) is 0 Å². The number of rotatable bonds is 5. The molecule has 2 rings (SSSR count). The van der Waals surface area contributed by atoms with Gasteiger partial charge in [-0.3, -0.25) is 0 Å². The molecule has 5 nitrogen and oxygen atoms in total. The minimum atomic E-state index is -3.72. The average molecular weight is 311 g/mol. The van der Waals surface area contributed by atoms with Crippen LogP contribution in [-0.4, -0.2) is 14.5 Å². The Morgan fingerprint density at radius 3 is 2.65 bits per heavy atom. The van der Waals surface area contributed by atoms with Crippen molar-refractivity contribution in [2.24, 2.45) is 5.14 Å². The zero-order chi connectivity index (χ0) is 14.8. The van der Waals surface area contributed by atoms with E-state index in [-0.39, 0.29) is 10.9 Å². The molecule has 20 heavy (non-hydrogen) atoms. The van der Waals surface area contributed by atoms with Crippen molar-refractivity contribution in [1.82, 2.24) is 0 Å². The topological polar surface area (TPSA) is 98.2 Å². The van der Waals surface area contributed by atoms with Gasteiger partial charge in [0.25, 0.3) is 0 Å². The highest BCUT2D eigenvalue weighted by Crippen LogP contribution is 2.23. The molecule has 108 valence electrons. The van der Waals surface area contributed by atoms with Crippen molar-refractivity contribution in [3.05, 3.63) is 40.6 Å². The second-order valence-corrected chi connectivity index (χ2v) is 7.02. The van der Waals surface area contributed by atoms with E-state index in [4.69, 9.17) is 10.9 Å². The third-order valence-corrected chi connectivity index (χ3v) is 4.52. The van der Waals surface area contributed by atoms with E-state index in [1.165, 1.54) is 17.7 Å². The van der Waals surface area contributed by atoms with Crippen LogP contribution < -0.4 is 16.2 Å². The van der Waals surface area contributed by atoms with E-state index in [1.807, 2.05) is 12.3 Å². The number of anilines is 2. The van der Waals surface area contributed by atoms with Gasteiger partial charge in [-0.25, -0.2) is 13.6 Å². The van der Waals surface area contributed by atoms with Crippen LogP contribution in [0, 0.1) is 0 Å². The lowest BCUT2D eigenvalue weighted by Crippen LogP contribution is -2.19. The Balaban J connectivity index is 2.10. The van der Waals surface area contributed by atoms with Crippen LogP contribution in [0.25, 0.3) is 0 Å². The number of benzene rings is 1. The van der Waals surface area contributed by atoms with E-state index in [0.29, 0.717) is 11.4 Å². The fraction of sp³-hybridized carbons (Fsp3) is 0.231. The molecule has 0 spiro atoms. The number of nitrogens with one attached hydrogen (secondary N) is 1. The minimum Gasteiger partial charge on any atom is -0.397 e. The van der Waals surface area contributed by atoms with E-state index >= 15 is 0 Å². The lowest BCUT2D eigenvalue weighted by Gasteiger charge is -2.16. The van der Waals surface area contributed by atoms with Crippen LogP contribution in [0.5, 0.6) is 0 Å². The minimum absolute atomic E-state index is 0.0195. The maximum absolute atomic E-state index is 11.2. The molecule has 0 bridgehead atoms. The van der Waals surface area contributed by atoms with Crippen molar-refractivity contribution in [1.29, 1.82) is 0 Å². The summed E-state index contributed by atoms with van der Waals surface area (Å²) in [6.07, 6.45) is 0.875. The molecule has 1 aromatic heterocycles. The van der Waals surface area contributed by atoms with Crippen LogP contribution in [0.4, 0.5) is 11.4 Å². The smallest absolute Gasteiger partial charge is 0.238 e. The lowest BCUT2D eigenvalue weighted by molar-refractivity contribution is 0.598. The van der Waals surface area contributed by atoms with Crippen LogP contribution in [0.15, 0.2) is 39.9 Å². The summed E-state index contributed by atoms with van der Waals surface area (Å²) in [5.74, 6) is 0. The SMILES string of the molecule is CC(Cc1ccsc1)Nc1ccc(S(N)(=O)=O)cc1N. The molecule has 0 aliphatic carbocycles. The molecule has 1 unspecified atom stereocenters. The number of thiophene rings is 1. The summed E-state index contributed by atoms with van der Waals surface area (Å²) in [4.78, 5) is 0.0195. The maximum atomic E-state index is 11.2. The Morgan fingerprint density at radius 1 is 1.35 bits per heavy atom. The van der Waals surface area contributed by atoms with Gasteiger partial charge < -0.3 is 11.1 Å². The van der Waals surface area contributed by atoms with Crippen LogP contribution in [0.3, 0.4) is 0 Å². The van der Waals surface area contributed by atoms with Gasteiger partial charge in [-0.1, -0.05) is 0 Å². The lowest BCUT2D eigenvalue weighted by atomic mass is 10.1. The molecule has 0 saturated heterocycles. The van der Waals surface area contributed by atoms with Crippen molar-refractivity contribution >= 4 is 32.7 Å². The zero-order valence-electron chi connectivity index (χ0n) is 11.0. The number of primary sulfonamides is 1. The van der Waals surface area contributed by atoms with Crippen molar-refractivity contribution in [2.45, 2.75) is 24.3 Å². The van der Waals surface area contributed by atoms with Gasteiger partial charge in [0.1, 0.15) is 0 Å². The van der Waals surface area contributed by atoms with Gasteiger partial charge in [0.05, 0.1) is 16.3 Å². The van der Waals surface area contributed by atoms with Gasteiger partial charge >= 0.3 is 0 Å². The molecule has 5 N–H and O–H groups in total. The normalized spacial score (nSPS) is 13.1. The Kier molecular flexibility index (Phi) is 4.32. The fourth-order valence-corrected chi connectivity index (χ4v) is 3.16. The van der Waals surface area contributed by atoms with Crippen molar-refractivity contribution in [3.8, 4) is 0 Å². The third-order valence-electron chi connectivity index (χ3n) is 2.88. The largest absolute Gasteiger partial charge is 0.397 e. The molecule has 0 aliphatic heterocycles. The highest BCUT2D eigenvalue weighted by molar-refractivity contribution is 7.89. The monoisotopic (exact) mass is 311 g/mol. The summed E-state index contributed by atoms with van der Waals surface area (Å²) < 4.78 is 22.5. The maximum Gasteiger partial charge on any atom is 0.238 e. The van der Waals surface area contributed by atoms with E-state index in [2.05, 4.69) is 16.8 Å². The summed E-state index contributed by atoms with van der Waals surface area (Å²) in [5.41, 5.74) is 8.20. The third kappa shape index (κ3) is 3.72. The van der Waals surface area contributed by atoms with Crippen LogP contribution in [-0.2, 0) is 16.4 Å². The summed E-state index contributed by atoms with van der Waals surface area (Å²) in [7, 11) is -3.72. The molecule has 0 amide bonds. The molecule has 1 aromatic carbocycles. The van der Waals surface area contributed by atoms with Crippen molar-refractivity contribution in [2.75, 3.05) is 11.1 Å².